The van der Waals surface area contributed by atoms with Crippen molar-refractivity contribution in [2.24, 2.45) is 0 Å². The van der Waals surface area contributed by atoms with Gasteiger partial charge in [0.05, 0.1) is 25.9 Å². The van der Waals surface area contributed by atoms with Crippen molar-refractivity contribution >= 4 is 15.6 Å². The molecule has 0 radical (unpaired) electrons. The molecule has 0 aromatic carbocycles. The van der Waals surface area contributed by atoms with Gasteiger partial charge < -0.3 is 29.1 Å². The molecule has 0 spiro atoms. The molecule has 2 aromatic heterocycles. The van der Waals surface area contributed by atoms with Crippen molar-refractivity contribution in [1.29, 1.82) is 0 Å². The van der Waals surface area contributed by atoms with Gasteiger partial charge in [-0.05, 0) is 13.8 Å². The van der Waals surface area contributed by atoms with Gasteiger partial charge in [0.1, 0.15) is 30.6 Å². The Bertz CT molecular complexity index is 1680. The molecule has 2 saturated heterocycles. The summed E-state index contributed by atoms with van der Waals surface area (Å²) >= 11 is 0. The van der Waals surface area contributed by atoms with Gasteiger partial charge in [-0.1, -0.05) is 0 Å². The van der Waals surface area contributed by atoms with Crippen LogP contribution in [0.25, 0.3) is 0 Å². The van der Waals surface area contributed by atoms with Crippen molar-refractivity contribution in [3.8, 4) is 0 Å². The second-order valence-corrected chi connectivity index (χ2v) is 12.4. The number of phosphoric ester groups is 2. The lowest BCUT2D eigenvalue weighted by atomic mass is 10.1. The van der Waals surface area contributed by atoms with E-state index in [1.165, 1.54) is 20.2 Å². The number of aliphatic hydroxyl groups excluding tert-OH is 1. The van der Waals surface area contributed by atoms with Crippen molar-refractivity contribution in [3.63, 3.8) is 0 Å². The third kappa shape index (κ3) is 7.97. The van der Waals surface area contributed by atoms with Gasteiger partial charge in [0, 0.05) is 38.9 Å². The van der Waals surface area contributed by atoms with Crippen LogP contribution >= 0.6 is 15.6 Å². The molecular weight excluding hydrogens is 638 g/mol. The normalized spacial score (nSPS) is 30.1. The Labute approximate surface area is 248 Å². The molecule has 2 aliphatic heterocycles. The number of nitrogens with zero attached hydrogens (tertiary/aromatic N) is 2. The molecule has 0 amide bonds. The lowest BCUT2D eigenvalue weighted by Crippen LogP contribution is -2.39. The predicted molar refractivity (Wildman–Crippen MR) is 145 cm³/mol. The van der Waals surface area contributed by atoms with Crippen LogP contribution in [0.4, 0.5) is 0 Å². The Kier molecular flexibility index (Phi) is 10.3. The highest BCUT2D eigenvalue weighted by atomic mass is 31.2. The van der Waals surface area contributed by atoms with E-state index in [1.807, 2.05) is 4.98 Å². The number of aromatic nitrogens is 4. The molecule has 2 aromatic rings. The fourth-order valence-electron chi connectivity index (χ4n) is 4.58. The van der Waals surface area contributed by atoms with Crippen molar-refractivity contribution in [3.05, 3.63) is 65.7 Å². The highest BCUT2D eigenvalue weighted by Crippen LogP contribution is 2.51. The zero-order valence-electron chi connectivity index (χ0n) is 24.2. The first-order valence-corrected chi connectivity index (χ1v) is 15.9. The highest BCUT2D eigenvalue weighted by Gasteiger charge is 2.49. The maximum absolute atomic E-state index is 13.1. The molecule has 2 fully saturated rings. The number of hydrogen-bond donors (Lipinski definition) is 5. The number of H-pyrrole nitrogens is 2. The minimum absolute atomic E-state index is 0.139. The van der Waals surface area contributed by atoms with E-state index in [4.69, 9.17) is 34.3 Å². The first-order valence-electron chi connectivity index (χ1n) is 13.6. The van der Waals surface area contributed by atoms with E-state index in [-0.39, 0.29) is 12.0 Å². The summed E-state index contributed by atoms with van der Waals surface area (Å²) in [5.74, 6) is 0. The van der Waals surface area contributed by atoms with Gasteiger partial charge in [0.25, 0.3) is 11.1 Å². The monoisotopic (exact) mass is 671 g/mol. The molecule has 246 valence electrons. The minimum atomic E-state index is -5.08. The minimum Gasteiger partial charge on any atom is -0.394 e. The molecule has 4 heterocycles. The smallest absolute Gasteiger partial charge is 0.394 e. The summed E-state index contributed by atoms with van der Waals surface area (Å²) in [7, 11) is -8.69. The predicted octanol–water partition coefficient (Wildman–Crippen LogP) is -1.39. The molecule has 0 aliphatic carbocycles. The van der Waals surface area contributed by atoms with E-state index in [9.17, 15) is 38.1 Å². The average Bonchev–Trinajstić information content (AvgIpc) is 3.52. The van der Waals surface area contributed by atoms with E-state index in [2.05, 4.69) is 9.51 Å². The molecule has 5 N–H and O–H groups in total. The van der Waals surface area contributed by atoms with Crippen LogP contribution in [0.1, 0.15) is 32.7 Å². The van der Waals surface area contributed by atoms with Gasteiger partial charge in [-0.2, -0.15) is 0 Å². The first-order chi connectivity index (χ1) is 21.2. The topological polar surface area (TPSA) is 269 Å². The number of rotatable bonds is 13. The lowest BCUT2D eigenvalue weighted by molar-refractivity contribution is -0.0574. The highest BCUT2D eigenvalue weighted by molar-refractivity contribution is 7.47. The third-order valence-corrected chi connectivity index (χ3v) is 8.62. The molecule has 2 aliphatic rings. The number of nitrogens with one attached hydrogen (secondary N) is 2. The maximum atomic E-state index is 13.1. The molecule has 4 unspecified atom stereocenters. The number of ether oxygens (including phenoxy) is 3. The second kappa shape index (κ2) is 13.8. The van der Waals surface area contributed by atoms with Crippen molar-refractivity contribution in [2.75, 3.05) is 26.9 Å². The number of aryl methyl sites for hydroxylation is 1. The summed E-state index contributed by atoms with van der Waals surface area (Å²) in [4.78, 5) is 72.9. The molecule has 9 atom stereocenters. The van der Waals surface area contributed by atoms with Crippen LogP contribution < -0.4 is 22.5 Å². The summed E-state index contributed by atoms with van der Waals surface area (Å²) in [6, 6.07) is 1.04. The number of hydrogen-bond acceptors (Lipinski definition) is 14. The number of phosphoric acid groups is 2. The summed E-state index contributed by atoms with van der Waals surface area (Å²) < 4.78 is 72.3. The zero-order valence-corrected chi connectivity index (χ0v) is 25.0. The van der Waals surface area contributed by atoms with E-state index in [0.29, 0.717) is 0 Å². The van der Waals surface area contributed by atoms with Gasteiger partial charge in [0.15, 0.2) is 6.23 Å². The van der Waals surface area contributed by atoms with Gasteiger partial charge >= 0.3 is 27.0 Å². The van der Waals surface area contributed by atoms with Crippen LogP contribution in [-0.4, -0.2) is 91.4 Å². The number of aliphatic hydroxyl groups is 1. The summed E-state index contributed by atoms with van der Waals surface area (Å²) in [5, 5.41) is 8.92. The van der Waals surface area contributed by atoms with Crippen molar-refractivity contribution in [2.45, 2.75) is 63.2 Å². The Hall–Kier alpha value is -2.58. The van der Waals surface area contributed by atoms with Crippen LogP contribution in [0.3, 0.4) is 0 Å². The Morgan fingerprint density at radius 1 is 1.05 bits per heavy atom. The molecule has 0 bridgehead atoms. The van der Waals surface area contributed by atoms with E-state index in [1.54, 1.807) is 0 Å². The molecule has 4 rings (SSSR count). The fraction of sp³-hybridized carbons (Fsp3) is 0.636. The van der Waals surface area contributed by atoms with Crippen LogP contribution in [0.5, 0.6) is 0 Å². The Morgan fingerprint density at radius 2 is 1.75 bits per heavy atom. The first kappa shape index (κ1) is 32.8. The molecule has 20 nitrogen and oxygen atoms in total. The largest absolute Gasteiger partial charge is 0.472 e. The van der Waals surface area contributed by atoms with Crippen molar-refractivity contribution in [1.82, 2.24) is 19.1 Å². The Morgan fingerprint density at radius 3 is 2.41 bits per heavy atom. The quantitative estimate of drug-likeness (QED) is 0.153. The SMILES string of the molecule is [2H]C[C@H]1O[C@@H](n2ccc(=O)[nH]c2=O)[C@@H](OC)C1OP(=O)(O)OC[C@H]1O[C@@H](n2cc(C)c(=O)[nH]c2=O)CC1OP(=O)(O)OCCO. The fourth-order valence-corrected chi connectivity index (χ4v) is 6.48. The summed E-state index contributed by atoms with van der Waals surface area (Å²) in [5.41, 5.74) is -2.94. The number of methoxy groups -OCH3 is 1. The molecule has 22 heteroatoms. The molecule has 0 saturated carbocycles. The molecular formula is C22H32N4O16P2. The van der Waals surface area contributed by atoms with E-state index in [0.717, 1.165) is 21.4 Å². The van der Waals surface area contributed by atoms with Crippen LogP contribution in [-0.2, 0) is 41.4 Å². The molecule has 44 heavy (non-hydrogen) atoms. The zero-order chi connectivity index (χ0) is 33.1. The van der Waals surface area contributed by atoms with E-state index < -0.39 is 108 Å². The van der Waals surface area contributed by atoms with Crippen LogP contribution in [0.15, 0.2) is 37.6 Å². The Balaban J connectivity index is 1.52. The summed E-state index contributed by atoms with van der Waals surface area (Å²) in [6.45, 7) is -1.06. The van der Waals surface area contributed by atoms with Gasteiger partial charge in [-0.15, -0.1) is 0 Å². The third-order valence-electron chi connectivity index (χ3n) is 6.59. The summed E-state index contributed by atoms with van der Waals surface area (Å²) in [6.07, 6.45) is -7.13. The van der Waals surface area contributed by atoms with Gasteiger partial charge in [-0.25, -0.2) is 18.7 Å². The lowest BCUT2D eigenvalue weighted by Gasteiger charge is -2.26. The van der Waals surface area contributed by atoms with Crippen LogP contribution in [0, 0.1) is 6.92 Å². The second-order valence-electron chi connectivity index (χ2n) is 9.63. The van der Waals surface area contributed by atoms with Gasteiger partial charge in [-0.3, -0.25) is 46.8 Å². The van der Waals surface area contributed by atoms with Gasteiger partial charge in [0.2, 0.25) is 0 Å². The standard InChI is InChI=1S/C22H32N4O16P2/c1-11-9-26(22(31)24-19(11)29)16-8-13(41-43(32,33)37-7-6-27)14(40-16)10-38-44(34,35)42-17-12(2)39-20(18(17)36-3)25-5-4-15(28)23-21(25)30/h4-5,9,12-14,16-18,20,27H,6-8,10H2,1-3H3,(H,32,33)(H,34,35)(H,23,28,30)(H,24,29,31)/t12-,13?,14-,16-,17?,18+,20-/m1/s1/i2D. The van der Waals surface area contributed by atoms with Crippen molar-refractivity contribution < 1.29 is 57.7 Å². The average molecular weight is 671 g/mol. The van der Waals surface area contributed by atoms with Crippen LogP contribution in [0.2, 0.25) is 0 Å². The number of aromatic amines is 2. The maximum Gasteiger partial charge on any atom is 0.472 e. The van der Waals surface area contributed by atoms with E-state index >= 15 is 0 Å².